The molecule has 0 saturated heterocycles. The van der Waals surface area contributed by atoms with Crippen molar-refractivity contribution in [1.82, 2.24) is 9.88 Å². The lowest BCUT2D eigenvalue weighted by molar-refractivity contribution is 0.0108. The van der Waals surface area contributed by atoms with E-state index in [9.17, 15) is 18.3 Å². The lowest BCUT2D eigenvalue weighted by atomic mass is 10.0. The number of rotatable bonds is 9. The normalized spacial score (nSPS) is 14.0. The molecule has 0 bridgehead atoms. The van der Waals surface area contributed by atoms with Crippen LogP contribution in [0.15, 0.2) is 34.5 Å². The van der Waals surface area contributed by atoms with E-state index in [0.717, 1.165) is 6.26 Å². The van der Waals surface area contributed by atoms with E-state index in [0.29, 0.717) is 36.0 Å². The van der Waals surface area contributed by atoms with Crippen molar-refractivity contribution in [3.63, 3.8) is 0 Å². The zero-order chi connectivity index (χ0) is 24.2. The molecule has 178 valence electrons. The average molecular weight is 485 g/mol. The molecular weight excluding hydrogens is 452 g/mol. The molecule has 0 fully saturated rings. The van der Waals surface area contributed by atoms with Crippen LogP contribution < -0.4 is 4.74 Å². The van der Waals surface area contributed by atoms with Gasteiger partial charge in [0.25, 0.3) is 0 Å². The minimum atomic E-state index is -3.25. The SMILES string of the molecule is CCN(CCC(C)(O)c1nc(COc2ccc(S(C)(=O)=O)cc2)cs1)C(=O)OC(C)(C)C. The molecule has 1 aromatic heterocycles. The van der Waals surface area contributed by atoms with Gasteiger partial charge in [-0.05, 0) is 58.9 Å². The van der Waals surface area contributed by atoms with Crippen LogP contribution in [0.1, 0.15) is 51.7 Å². The van der Waals surface area contributed by atoms with E-state index >= 15 is 0 Å². The topological polar surface area (TPSA) is 106 Å². The van der Waals surface area contributed by atoms with Gasteiger partial charge < -0.3 is 19.5 Å². The Morgan fingerprint density at radius 1 is 1.19 bits per heavy atom. The smallest absolute Gasteiger partial charge is 0.410 e. The number of carbonyl (C=O) groups excluding carboxylic acids is 1. The highest BCUT2D eigenvalue weighted by atomic mass is 32.2. The first-order chi connectivity index (χ1) is 14.7. The molecule has 0 radical (unpaired) electrons. The van der Waals surface area contributed by atoms with E-state index < -0.39 is 27.1 Å². The Kier molecular flexibility index (Phi) is 8.30. The first kappa shape index (κ1) is 26.1. The summed E-state index contributed by atoms with van der Waals surface area (Å²) in [5, 5.41) is 13.3. The van der Waals surface area contributed by atoms with Gasteiger partial charge in [0.05, 0.1) is 10.6 Å². The third kappa shape index (κ3) is 7.75. The van der Waals surface area contributed by atoms with E-state index in [-0.39, 0.29) is 11.5 Å². The van der Waals surface area contributed by atoms with E-state index in [1.165, 1.54) is 23.5 Å². The maximum Gasteiger partial charge on any atom is 0.410 e. The molecule has 1 N–H and O–H groups in total. The molecule has 1 aromatic carbocycles. The van der Waals surface area contributed by atoms with Crippen molar-refractivity contribution in [3.05, 3.63) is 40.3 Å². The van der Waals surface area contributed by atoms with Gasteiger partial charge in [0.1, 0.15) is 28.6 Å². The van der Waals surface area contributed by atoms with Crippen molar-refractivity contribution in [1.29, 1.82) is 0 Å². The zero-order valence-electron chi connectivity index (χ0n) is 19.4. The maximum absolute atomic E-state index is 12.3. The summed E-state index contributed by atoms with van der Waals surface area (Å²) in [6.45, 7) is 9.96. The average Bonchev–Trinajstić information content (AvgIpc) is 3.15. The highest BCUT2D eigenvalue weighted by Crippen LogP contribution is 2.28. The fourth-order valence-corrected chi connectivity index (χ4v) is 4.25. The van der Waals surface area contributed by atoms with Gasteiger partial charge in [0.15, 0.2) is 9.84 Å². The zero-order valence-corrected chi connectivity index (χ0v) is 21.0. The number of aromatic nitrogens is 1. The van der Waals surface area contributed by atoms with Crippen molar-refractivity contribution in [3.8, 4) is 5.75 Å². The number of carbonyl (C=O) groups is 1. The summed E-state index contributed by atoms with van der Waals surface area (Å²) in [7, 11) is -3.25. The molecule has 0 saturated carbocycles. The Hall–Kier alpha value is -2.17. The van der Waals surface area contributed by atoms with Crippen LogP contribution in [0.5, 0.6) is 5.75 Å². The van der Waals surface area contributed by atoms with Gasteiger partial charge in [-0.2, -0.15) is 0 Å². The summed E-state index contributed by atoms with van der Waals surface area (Å²) in [4.78, 5) is 18.6. The molecule has 10 heteroatoms. The molecule has 1 atom stereocenters. The molecule has 2 aromatic rings. The highest BCUT2D eigenvalue weighted by molar-refractivity contribution is 7.90. The van der Waals surface area contributed by atoms with Crippen molar-refractivity contribution in [2.45, 2.75) is 63.7 Å². The van der Waals surface area contributed by atoms with Crippen LogP contribution in [-0.2, 0) is 26.8 Å². The first-order valence-electron chi connectivity index (χ1n) is 10.3. The van der Waals surface area contributed by atoms with Gasteiger partial charge in [0, 0.05) is 31.1 Å². The molecule has 2 rings (SSSR count). The quantitative estimate of drug-likeness (QED) is 0.574. The molecular formula is C22H32N2O6S2. The summed E-state index contributed by atoms with van der Waals surface area (Å²) in [5.74, 6) is 0.523. The Morgan fingerprint density at radius 3 is 2.34 bits per heavy atom. The molecule has 32 heavy (non-hydrogen) atoms. The minimum absolute atomic E-state index is 0.184. The van der Waals surface area contributed by atoms with Crippen LogP contribution in [0, 0.1) is 0 Å². The van der Waals surface area contributed by atoms with Crippen molar-refractivity contribution in [2.24, 2.45) is 0 Å². The van der Waals surface area contributed by atoms with Crippen molar-refractivity contribution < 1.29 is 27.8 Å². The Bertz CT molecular complexity index is 1010. The Labute approximate surface area is 194 Å². The molecule has 1 unspecified atom stereocenters. The number of hydrogen-bond acceptors (Lipinski definition) is 8. The van der Waals surface area contributed by atoms with Crippen LogP contribution in [-0.4, -0.2) is 54.4 Å². The van der Waals surface area contributed by atoms with E-state index in [1.54, 1.807) is 29.3 Å². The van der Waals surface area contributed by atoms with Crippen LogP contribution in [0.4, 0.5) is 4.79 Å². The van der Waals surface area contributed by atoms with Crippen LogP contribution in [0.3, 0.4) is 0 Å². The van der Waals surface area contributed by atoms with Gasteiger partial charge in [-0.25, -0.2) is 18.2 Å². The predicted octanol–water partition coefficient (Wildman–Crippen LogP) is 3.98. The standard InChI is InChI=1S/C22H32N2O6S2/c1-7-24(20(25)30-21(2,3)4)13-12-22(5,26)19-23-16(15-31-19)14-29-17-8-10-18(11-9-17)32(6,27)28/h8-11,15,26H,7,12-14H2,1-6H3. The second-order valence-electron chi connectivity index (χ2n) is 8.76. The number of thiazole rings is 1. The summed E-state index contributed by atoms with van der Waals surface area (Å²) in [6.07, 6.45) is 1.05. The van der Waals surface area contributed by atoms with Crippen LogP contribution in [0.2, 0.25) is 0 Å². The first-order valence-corrected chi connectivity index (χ1v) is 13.1. The largest absolute Gasteiger partial charge is 0.487 e. The number of amides is 1. The number of sulfone groups is 1. The summed E-state index contributed by atoms with van der Waals surface area (Å²) in [6, 6.07) is 6.17. The lowest BCUT2D eigenvalue weighted by Gasteiger charge is -2.29. The van der Waals surface area contributed by atoms with Gasteiger partial charge in [-0.1, -0.05) is 0 Å². The number of benzene rings is 1. The minimum Gasteiger partial charge on any atom is -0.487 e. The van der Waals surface area contributed by atoms with Crippen LogP contribution in [0.25, 0.3) is 0 Å². The molecule has 8 nitrogen and oxygen atoms in total. The van der Waals surface area contributed by atoms with E-state index in [2.05, 4.69) is 4.98 Å². The third-order valence-electron chi connectivity index (χ3n) is 4.55. The molecule has 1 heterocycles. The van der Waals surface area contributed by atoms with Gasteiger partial charge in [-0.3, -0.25) is 0 Å². The predicted molar refractivity (Wildman–Crippen MR) is 124 cm³/mol. The molecule has 0 aliphatic carbocycles. The van der Waals surface area contributed by atoms with Gasteiger partial charge >= 0.3 is 6.09 Å². The van der Waals surface area contributed by atoms with E-state index in [4.69, 9.17) is 9.47 Å². The molecule has 0 spiro atoms. The number of nitrogens with zero attached hydrogens (tertiary/aromatic N) is 2. The molecule has 1 amide bonds. The van der Waals surface area contributed by atoms with Crippen molar-refractivity contribution in [2.75, 3.05) is 19.3 Å². The van der Waals surface area contributed by atoms with Gasteiger partial charge in [-0.15, -0.1) is 11.3 Å². The molecule has 0 aliphatic rings. The Morgan fingerprint density at radius 2 is 1.81 bits per heavy atom. The number of ether oxygens (including phenoxy) is 2. The second kappa shape index (κ2) is 10.2. The summed E-state index contributed by atoms with van der Waals surface area (Å²) in [5.41, 5.74) is -1.14. The second-order valence-corrected chi connectivity index (χ2v) is 11.6. The maximum atomic E-state index is 12.3. The van der Waals surface area contributed by atoms with Crippen molar-refractivity contribution >= 4 is 27.3 Å². The highest BCUT2D eigenvalue weighted by Gasteiger charge is 2.29. The Balaban J connectivity index is 1.95. The fourth-order valence-electron chi connectivity index (χ4n) is 2.73. The van der Waals surface area contributed by atoms with Gasteiger partial charge in [0.2, 0.25) is 0 Å². The monoisotopic (exact) mass is 484 g/mol. The number of aliphatic hydroxyl groups is 1. The number of hydrogen-bond donors (Lipinski definition) is 1. The lowest BCUT2D eigenvalue weighted by Crippen LogP contribution is -2.39. The third-order valence-corrected chi connectivity index (χ3v) is 6.83. The van der Waals surface area contributed by atoms with E-state index in [1.807, 2.05) is 27.7 Å². The van der Waals surface area contributed by atoms with Crippen LogP contribution >= 0.6 is 11.3 Å². The summed E-state index contributed by atoms with van der Waals surface area (Å²) >= 11 is 1.32. The molecule has 0 aliphatic heterocycles. The summed E-state index contributed by atoms with van der Waals surface area (Å²) < 4.78 is 34.1. The fraction of sp³-hybridized carbons (Fsp3) is 0.545.